The van der Waals surface area contributed by atoms with Gasteiger partial charge in [0.2, 0.25) is 0 Å². The summed E-state index contributed by atoms with van der Waals surface area (Å²) in [5, 5.41) is 12.3. The lowest BCUT2D eigenvalue weighted by atomic mass is 10.1. The second kappa shape index (κ2) is 3.95. The Morgan fingerprint density at radius 3 is 2.46 bits per heavy atom. The highest BCUT2D eigenvalue weighted by atomic mass is 16.3. The topological polar surface area (TPSA) is 35.5 Å². The highest BCUT2D eigenvalue weighted by Gasteiger charge is 2.30. The van der Waals surface area contributed by atoms with Crippen molar-refractivity contribution < 1.29 is 5.11 Å². The van der Waals surface area contributed by atoms with Gasteiger partial charge in [-0.05, 0) is 34.1 Å². The van der Waals surface area contributed by atoms with E-state index in [0.29, 0.717) is 6.04 Å². The monoisotopic (exact) mass is 186 g/mol. The fourth-order valence-corrected chi connectivity index (χ4v) is 1.85. The quantitative estimate of drug-likeness (QED) is 0.626. The van der Waals surface area contributed by atoms with Gasteiger partial charge in [-0.3, -0.25) is 10.2 Å². The number of nitrogens with one attached hydrogen (secondary N) is 1. The summed E-state index contributed by atoms with van der Waals surface area (Å²) in [6, 6.07) is 0.458. The maximum Gasteiger partial charge on any atom is 0.102 e. The second-order valence-corrected chi connectivity index (χ2v) is 4.95. The minimum absolute atomic E-state index is 0.259. The Labute approximate surface area is 81.1 Å². The zero-order valence-corrected chi connectivity index (χ0v) is 9.17. The summed E-state index contributed by atoms with van der Waals surface area (Å²) in [4.78, 5) is 2.45. The summed E-state index contributed by atoms with van der Waals surface area (Å²) < 4.78 is 0. The van der Waals surface area contributed by atoms with Gasteiger partial charge in [0.25, 0.3) is 0 Å². The van der Waals surface area contributed by atoms with Crippen LogP contribution in [-0.2, 0) is 0 Å². The third-order valence-corrected chi connectivity index (χ3v) is 2.61. The lowest BCUT2D eigenvalue weighted by Gasteiger charge is -2.31. The molecular weight excluding hydrogens is 164 g/mol. The van der Waals surface area contributed by atoms with Gasteiger partial charge < -0.3 is 5.11 Å². The minimum atomic E-state index is -0.384. The molecule has 3 heteroatoms. The molecule has 13 heavy (non-hydrogen) atoms. The van der Waals surface area contributed by atoms with E-state index >= 15 is 0 Å². The van der Waals surface area contributed by atoms with Crippen LogP contribution in [0.1, 0.15) is 34.1 Å². The normalized spacial score (nSPS) is 27.9. The van der Waals surface area contributed by atoms with Crippen LogP contribution in [0.3, 0.4) is 0 Å². The maximum atomic E-state index is 9.17. The van der Waals surface area contributed by atoms with Gasteiger partial charge in [0, 0.05) is 24.7 Å². The van der Waals surface area contributed by atoms with Crippen molar-refractivity contribution in [2.45, 2.75) is 51.9 Å². The Bertz CT molecular complexity index is 163. The van der Waals surface area contributed by atoms with Crippen LogP contribution >= 0.6 is 0 Å². The Morgan fingerprint density at radius 2 is 2.08 bits per heavy atom. The first kappa shape index (κ1) is 11.0. The van der Waals surface area contributed by atoms with Gasteiger partial charge in [-0.2, -0.15) is 0 Å². The van der Waals surface area contributed by atoms with E-state index in [0.717, 1.165) is 19.5 Å². The number of nitrogens with zero attached hydrogens (tertiary/aromatic N) is 1. The molecule has 0 bridgehead atoms. The summed E-state index contributed by atoms with van der Waals surface area (Å²) in [6.45, 7) is 10.7. The van der Waals surface area contributed by atoms with Gasteiger partial charge in [-0.15, -0.1) is 0 Å². The van der Waals surface area contributed by atoms with Crippen molar-refractivity contribution in [2.75, 3.05) is 13.1 Å². The van der Waals surface area contributed by atoms with E-state index in [4.69, 9.17) is 0 Å². The van der Waals surface area contributed by atoms with Crippen LogP contribution in [0.4, 0.5) is 0 Å². The lowest BCUT2D eigenvalue weighted by molar-refractivity contribution is 0.130. The Kier molecular flexibility index (Phi) is 3.33. The molecule has 1 fully saturated rings. The van der Waals surface area contributed by atoms with Gasteiger partial charge in [0.15, 0.2) is 0 Å². The number of aliphatic hydroxyl groups is 1. The van der Waals surface area contributed by atoms with E-state index in [9.17, 15) is 5.11 Å². The van der Waals surface area contributed by atoms with Crippen molar-refractivity contribution in [3.05, 3.63) is 0 Å². The summed E-state index contributed by atoms with van der Waals surface area (Å²) >= 11 is 0. The van der Waals surface area contributed by atoms with Gasteiger partial charge >= 0.3 is 0 Å². The molecule has 0 aromatic rings. The SMILES string of the molecule is CC(O)N[C@@H]1CCN(C(C)(C)C)C1. The Hall–Kier alpha value is -0.120. The molecule has 0 aliphatic carbocycles. The number of aliphatic hydroxyl groups excluding tert-OH is 1. The van der Waals surface area contributed by atoms with Crippen LogP contribution in [0.15, 0.2) is 0 Å². The van der Waals surface area contributed by atoms with Gasteiger partial charge in [0.05, 0.1) is 0 Å². The van der Waals surface area contributed by atoms with Crippen molar-refractivity contribution in [1.82, 2.24) is 10.2 Å². The predicted molar refractivity (Wildman–Crippen MR) is 54.5 cm³/mol. The van der Waals surface area contributed by atoms with Crippen molar-refractivity contribution in [3.63, 3.8) is 0 Å². The van der Waals surface area contributed by atoms with Crippen molar-refractivity contribution in [1.29, 1.82) is 0 Å². The molecule has 1 saturated heterocycles. The summed E-state index contributed by atoms with van der Waals surface area (Å²) in [7, 11) is 0. The molecule has 1 rings (SSSR count). The molecule has 1 aliphatic heterocycles. The Balaban J connectivity index is 2.36. The molecule has 0 amide bonds. The van der Waals surface area contributed by atoms with E-state index < -0.39 is 0 Å². The standard InChI is InChI=1S/C10H22N2O/c1-8(13)11-9-5-6-12(7-9)10(2,3)4/h8-9,11,13H,5-7H2,1-4H3/t8?,9-/m1/s1. The molecule has 3 nitrogen and oxygen atoms in total. The van der Waals surface area contributed by atoms with Crippen LogP contribution in [0.2, 0.25) is 0 Å². The summed E-state index contributed by atoms with van der Waals surface area (Å²) in [5.74, 6) is 0. The molecule has 1 heterocycles. The van der Waals surface area contributed by atoms with E-state index in [1.807, 2.05) is 0 Å². The van der Waals surface area contributed by atoms with Crippen LogP contribution in [-0.4, -0.2) is 40.9 Å². The highest BCUT2D eigenvalue weighted by Crippen LogP contribution is 2.20. The lowest BCUT2D eigenvalue weighted by Crippen LogP contribution is -2.43. The molecule has 0 spiro atoms. The van der Waals surface area contributed by atoms with Crippen molar-refractivity contribution in [3.8, 4) is 0 Å². The van der Waals surface area contributed by atoms with Crippen LogP contribution in [0, 0.1) is 0 Å². The fourth-order valence-electron chi connectivity index (χ4n) is 1.85. The van der Waals surface area contributed by atoms with Crippen LogP contribution < -0.4 is 5.32 Å². The number of likely N-dealkylation sites (tertiary alicyclic amines) is 1. The number of rotatable bonds is 2. The van der Waals surface area contributed by atoms with E-state index in [-0.39, 0.29) is 11.8 Å². The largest absolute Gasteiger partial charge is 0.379 e. The third kappa shape index (κ3) is 3.25. The zero-order chi connectivity index (χ0) is 10.1. The molecule has 2 atom stereocenters. The van der Waals surface area contributed by atoms with Crippen molar-refractivity contribution >= 4 is 0 Å². The molecule has 78 valence electrons. The van der Waals surface area contributed by atoms with E-state index in [2.05, 4.69) is 31.0 Å². The molecule has 0 saturated carbocycles. The smallest absolute Gasteiger partial charge is 0.102 e. The number of hydrogen-bond acceptors (Lipinski definition) is 3. The second-order valence-electron chi connectivity index (χ2n) is 4.95. The van der Waals surface area contributed by atoms with Gasteiger partial charge in [-0.1, -0.05) is 0 Å². The fraction of sp³-hybridized carbons (Fsp3) is 1.00. The summed E-state index contributed by atoms with van der Waals surface area (Å²) in [5.41, 5.74) is 0.259. The van der Waals surface area contributed by atoms with Crippen molar-refractivity contribution in [2.24, 2.45) is 0 Å². The number of hydrogen-bond donors (Lipinski definition) is 2. The van der Waals surface area contributed by atoms with Crippen LogP contribution in [0.25, 0.3) is 0 Å². The summed E-state index contributed by atoms with van der Waals surface area (Å²) in [6.07, 6.45) is 0.757. The first-order chi connectivity index (χ1) is 5.89. The van der Waals surface area contributed by atoms with Gasteiger partial charge in [-0.25, -0.2) is 0 Å². The van der Waals surface area contributed by atoms with E-state index in [1.165, 1.54) is 0 Å². The van der Waals surface area contributed by atoms with Gasteiger partial charge in [0.1, 0.15) is 6.23 Å². The highest BCUT2D eigenvalue weighted by molar-refractivity contribution is 4.88. The van der Waals surface area contributed by atoms with Crippen LogP contribution in [0.5, 0.6) is 0 Å². The van der Waals surface area contributed by atoms with E-state index in [1.54, 1.807) is 6.92 Å². The molecule has 0 radical (unpaired) electrons. The minimum Gasteiger partial charge on any atom is -0.379 e. The molecular formula is C10H22N2O. The predicted octanol–water partition coefficient (Wildman–Crippen LogP) is 0.787. The molecule has 0 aromatic carbocycles. The zero-order valence-electron chi connectivity index (χ0n) is 9.17. The molecule has 0 aromatic heterocycles. The third-order valence-electron chi connectivity index (χ3n) is 2.61. The maximum absolute atomic E-state index is 9.17. The first-order valence-electron chi connectivity index (χ1n) is 5.09. The molecule has 2 N–H and O–H groups in total. The average Bonchev–Trinajstić information content (AvgIpc) is 2.32. The molecule has 1 aliphatic rings. The molecule has 1 unspecified atom stereocenters. The Morgan fingerprint density at radius 1 is 1.46 bits per heavy atom. The first-order valence-corrected chi connectivity index (χ1v) is 5.09. The average molecular weight is 186 g/mol.